The lowest BCUT2D eigenvalue weighted by molar-refractivity contribution is -0.288. The third-order valence-corrected chi connectivity index (χ3v) is 6.04. The van der Waals surface area contributed by atoms with Crippen molar-refractivity contribution in [1.82, 2.24) is 0 Å². The Morgan fingerprint density at radius 2 is 1.21 bits per heavy atom. The summed E-state index contributed by atoms with van der Waals surface area (Å²) >= 11 is 0. The molecule has 1 spiro atoms. The van der Waals surface area contributed by atoms with Crippen LogP contribution in [0.25, 0.3) is 0 Å². The van der Waals surface area contributed by atoms with Gasteiger partial charge in [-0.25, -0.2) is 14.4 Å². The molecule has 33 heavy (non-hydrogen) atoms. The molecule has 0 aromatic heterocycles. The summed E-state index contributed by atoms with van der Waals surface area (Å²) in [6.45, 7) is 0. The minimum absolute atomic E-state index is 0.109. The number of benzene rings is 2. The molecule has 2 aliphatic heterocycles. The van der Waals surface area contributed by atoms with E-state index in [4.69, 9.17) is 4.74 Å². The molecule has 3 aliphatic rings. The Balaban J connectivity index is 1.80. The van der Waals surface area contributed by atoms with Crippen LogP contribution in [0.2, 0.25) is 0 Å². The van der Waals surface area contributed by atoms with E-state index in [1.165, 1.54) is 0 Å². The Kier molecular flexibility index (Phi) is 3.85. The van der Waals surface area contributed by atoms with Crippen LogP contribution in [0.5, 0.6) is 0 Å². The molecule has 1 saturated carbocycles. The summed E-state index contributed by atoms with van der Waals surface area (Å²) in [4.78, 5) is 47.3. The monoisotopic (exact) mass is 470 g/mol. The molecule has 0 saturated heterocycles. The number of cyclic esters (lactones) is 2. The Morgan fingerprint density at radius 1 is 0.697 bits per heavy atom. The van der Waals surface area contributed by atoms with Gasteiger partial charge in [-0.2, -0.15) is 26.3 Å². The fourth-order valence-corrected chi connectivity index (χ4v) is 4.39. The van der Waals surface area contributed by atoms with E-state index in [0.29, 0.717) is 30.3 Å². The van der Waals surface area contributed by atoms with Gasteiger partial charge in [0.2, 0.25) is 11.0 Å². The second-order valence-corrected chi connectivity index (χ2v) is 7.76. The van der Waals surface area contributed by atoms with Crippen LogP contribution < -0.4 is 0 Å². The second-order valence-electron chi connectivity index (χ2n) is 7.76. The summed E-state index contributed by atoms with van der Waals surface area (Å²) in [5.41, 5.74) is -11.1. The SMILES string of the molecule is O=C1OC(=O)c2cc(C(c3ccc4c(c3)C(=O)OC43CC3=O)(C(F)(F)F)C(F)(F)F)ccc21. The lowest BCUT2D eigenvalue weighted by Crippen LogP contribution is -2.55. The largest absolute Gasteiger partial charge is 0.442 e. The highest BCUT2D eigenvalue weighted by Gasteiger charge is 2.73. The van der Waals surface area contributed by atoms with Crippen LogP contribution >= 0.6 is 0 Å². The summed E-state index contributed by atoms with van der Waals surface area (Å²) in [6, 6.07) is 3.13. The number of ether oxygens (including phenoxy) is 2. The van der Waals surface area contributed by atoms with Crippen LogP contribution in [0.1, 0.15) is 54.2 Å². The maximum absolute atomic E-state index is 14.4. The molecule has 6 nitrogen and oxygen atoms in total. The second kappa shape index (κ2) is 6.00. The average Bonchev–Trinajstić information content (AvgIpc) is 3.12. The molecule has 1 aliphatic carbocycles. The maximum Gasteiger partial charge on any atom is 0.411 e. The van der Waals surface area contributed by atoms with Crippen molar-refractivity contribution in [3.63, 3.8) is 0 Å². The molecule has 2 aromatic carbocycles. The standard InChI is InChI=1S/C21H8F6O6/c22-20(23,24)19(21(25,26)27,8-1-3-10-11(5-8)16(30)32-15(10)29)9-2-4-13-12(6-9)17(31)33-18(13)7-14(18)28/h1-6H,7H2. The first-order valence-corrected chi connectivity index (χ1v) is 9.20. The molecule has 1 unspecified atom stereocenters. The first-order chi connectivity index (χ1) is 15.2. The van der Waals surface area contributed by atoms with Crippen LogP contribution in [-0.2, 0) is 25.3 Å². The van der Waals surface area contributed by atoms with E-state index in [1.807, 2.05) is 0 Å². The molecule has 12 heteroatoms. The highest BCUT2D eigenvalue weighted by Crippen LogP contribution is 2.58. The molecule has 0 amide bonds. The summed E-state index contributed by atoms with van der Waals surface area (Å²) in [6.07, 6.45) is -12.2. The molecule has 2 heterocycles. The molecule has 0 bridgehead atoms. The van der Waals surface area contributed by atoms with Crippen molar-refractivity contribution in [3.05, 3.63) is 69.8 Å². The first kappa shape index (κ1) is 21.2. The van der Waals surface area contributed by atoms with E-state index in [1.54, 1.807) is 0 Å². The minimum Gasteiger partial charge on any atom is -0.442 e. The zero-order valence-electron chi connectivity index (χ0n) is 15.9. The Hall–Kier alpha value is -3.70. The van der Waals surface area contributed by atoms with Gasteiger partial charge in [0, 0.05) is 5.56 Å². The normalized spacial score (nSPS) is 21.8. The number of rotatable bonds is 2. The number of carbonyl (C=O) groups excluding carboxylic acids is 4. The van der Waals surface area contributed by atoms with Crippen molar-refractivity contribution in [1.29, 1.82) is 0 Å². The van der Waals surface area contributed by atoms with Crippen LogP contribution in [-0.4, -0.2) is 36.0 Å². The number of Topliss-reactive ketones (excluding diaryl/α,β-unsaturated/α-hetero) is 1. The van der Waals surface area contributed by atoms with Crippen molar-refractivity contribution < 1.29 is 55.0 Å². The van der Waals surface area contributed by atoms with Gasteiger partial charge >= 0.3 is 30.3 Å². The predicted molar refractivity (Wildman–Crippen MR) is 92.2 cm³/mol. The van der Waals surface area contributed by atoms with Crippen molar-refractivity contribution in [2.45, 2.75) is 29.8 Å². The van der Waals surface area contributed by atoms with Gasteiger partial charge in [-0.1, -0.05) is 18.2 Å². The molecule has 2 aromatic rings. The Labute approximate surface area is 179 Å². The van der Waals surface area contributed by atoms with E-state index in [-0.39, 0.29) is 12.0 Å². The smallest absolute Gasteiger partial charge is 0.411 e. The van der Waals surface area contributed by atoms with E-state index in [2.05, 4.69) is 4.74 Å². The van der Waals surface area contributed by atoms with Crippen LogP contribution in [0.3, 0.4) is 0 Å². The fraction of sp³-hybridized carbons (Fsp3) is 0.238. The number of alkyl halides is 6. The molecule has 0 N–H and O–H groups in total. The van der Waals surface area contributed by atoms with Gasteiger partial charge in [-0.3, -0.25) is 4.79 Å². The molecular formula is C21H8F6O6. The van der Waals surface area contributed by atoms with Gasteiger partial charge in [-0.05, 0) is 29.3 Å². The van der Waals surface area contributed by atoms with E-state index in [0.717, 1.165) is 6.07 Å². The lowest BCUT2D eigenvalue weighted by atomic mass is 9.71. The van der Waals surface area contributed by atoms with Crippen LogP contribution in [0, 0.1) is 0 Å². The highest BCUT2D eigenvalue weighted by molar-refractivity contribution is 6.15. The number of halogens is 6. The van der Waals surface area contributed by atoms with Gasteiger partial charge < -0.3 is 9.47 Å². The number of carbonyl (C=O) groups is 4. The summed E-state index contributed by atoms with van der Waals surface area (Å²) in [7, 11) is 0. The average molecular weight is 470 g/mol. The minimum atomic E-state index is -6.00. The van der Waals surface area contributed by atoms with Gasteiger partial charge in [0.25, 0.3) is 0 Å². The topological polar surface area (TPSA) is 86.7 Å². The lowest BCUT2D eigenvalue weighted by Gasteiger charge is -2.38. The zero-order chi connectivity index (χ0) is 24.1. The van der Waals surface area contributed by atoms with E-state index >= 15 is 0 Å². The van der Waals surface area contributed by atoms with Gasteiger partial charge in [0.15, 0.2) is 5.78 Å². The Bertz CT molecular complexity index is 1290. The number of hydrogen-bond donors (Lipinski definition) is 0. The van der Waals surface area contributed by atoms with Gasteiger partial charge in [0.1, 0.15) is 0 Å². The summed E-state index contributed by atoms with van der Waals surface area (Å²) in [5.74, 6) is -4.34. The molecule has 1 atom stereocenters. The van der Waals surface area contributed by atoms with Gasteiger partial charge in [-0.15, -0.1) is 0 Å². The van der Waals surface area contributed by atoms with E-state index in [9.17, 15) is 45.5 Å². The third kappa shape index (κ3) is 2.51. The predicted octanol–water partition coefficient (Wildman–Crippen LogP) is 3.75. The quantitative estimate of drug-likeness (QED) is 0.378. The Morgan fingerprint density at radius 3 is 1.76 bits per heavy atom. The van der Waals surface area contributed by atoms with Crippen molar-refractivity contribution in [2.24, 2.45) is 0 Å². The maximum atomic E-state index is 14.4. The molecule has 1 fully saturated rings. The summed E-state index contributed by atoms with van der Waals surface area (Å²) < 4.78 is 95.4. The fourth-order valence-electron chi connectivity index (χ4n) is 4.39. The highest BCUT2D eigenvalue weighted by atomic mass is 19.4. The van der Waals surface area contributed by atoms with Crippen molar-refractivity contribution in [3.8, 4) is 0 Å². The molecule has 5 rings (SSSR count). The number of hydrogen-bond acceptors (Lipinski definition) is 6. The molecule has 0 radical (unpaired) electrons. The summed E-state index contributed by atoms with van der Waals surface area (Å²) in [5, 5.41) is 0. The van der Waals surface area contributed by atoms with Gasteiger partial charge in [0.05, 0.1) is 23.1 Å². The van der Waals surface area contributed by atoms with E-state index < -0.39 is 74.9 Å². The molecular weight excluding hydrogens is 462 g/mol. The molecule has 170 valence electrons. The third-order valence-electron chi connectivity index (χ3n) is 6.04. The van der Waals surface area contributed by atoms with Crippen LogP contribution in [0.4, 0.5) is 26.3 Å². The van der Waals surface area contributed by atoms with Crippen molar-refractivity contribution in [2.75, 3.05) is 0 Å². The van der Waals surface area contributed by atoms with Crippen molar-refractivity contribution >= 4 is 23.7 Å². The first-order valence-electron chi connectivity index (χ1n) is 9.20. The number of fused-ring (bicyclic) bond motifs is 3. The number of esters is 3. The zero-order valence-corrected chi connectivity index (χ0v) is 15.9. The van der Waals surface area contributed by atoms with Crippen LogP contribution in [0.15, 0.2) is 36.4 Å². The number of ketones is 1.